The van der Waals surface area contributed by atoms with Crippen LogP contribution in [0.5, 0.6) is 11.5 Å². The number of aromatic hydroxyl groups is 1. The molecule has 0 aliphatic carbocycles. The molecule has 0 fully saturated rings. The van der Waals surface area contributed by atoms with Crippen LogP contribution in [0.1, 0.15) is 23.6 Å². The summed E-state index contributed by atoms with van der Waals surface area (Å²) in [6, 6.07) is 22.1. The van der Waals surface area contributed by atoms with Crippen molar-refractivity contribution in [1.29, 1.82) is 0 Å². The second-order valence-corrected chi connectivity index (χ2v) is 14.5. The normalized spacial score (nSPS) is 12.2. The number of benzene rings is 5. The highest BCUT2D eigenvalue weighted by molar-refractivity contribution is 7.90. The lowest BCUT2D eigenvalue weighted by molar-refractivity contribution is -0.114. The number of sulfone groups is 1. The van der Waals surface area contributed by atoms with Crippen LogP contribution >= 0.6 is 0 Å². The van der Waals surface area contributed by atoms with Gasteiger partial charge in [0.1, 0.15) is 22.0 Å². The number of phenols is 1. The monoisotopic (exact) mass is 701 g/mol. The third-order valence-corrected chi connectivity index (χ3v) is 9.94. The molecule has 0 unspecified atom stereocenters. The molecule has 13 nitrogen and oxygen atoms in total. The molecule has 3 N–H and O–H groups in total. The number of fused-ring (bicyclic) bond motifs is 1. The third-order valence-electron chi connectivity index (χ3n) is 7.37. The minimum Gasteiger partial charge on any atom is -0.505 e. The highest BCUT2D eigenvalue weighted by Crippen LogP contribution is 2.45. The van der Waals surface area contributed by atoms with E-state index in [4.69, 9.17) is 4.74 Å². The van der Waals surface area contributed by atoms with Gasteiger partial charge in [-0.1, -0.05) is 42.0 Å². The van der Waals surface area contributed by atoms with Crippen molar-refractivity contribution in [2.75, 3.05) is 12.4 Å². The lowest BCUT2D eigenvalue weighted by Crippen LogP contribution is -2.06. The van der Waals surface area contributed by atoms with Crippen molar-refractivity contribution in [3.05, 3.63) is 102 Å². The van der Waals surface area contributed by atoms with Crippen LogP contribution in [0.4, 0.5) is 28.4 Å². The van der Waals surface area contributed by atoms with Crippen LogP contribution in [0.2, 0.25) is 0 Å². The van der Waals surface area contributed by atoms with Crippen molar-refractivity contribution in [2.24, 2.45) is 20.5 Å². The van der Waals surface area contributed by atoms with Gasteiger partial charge in [0.2, 0.25) is 5.91 Å². The quantitative estimate of drug-likeness (QED) is 0.0956. The molecule has 1 amide bonds. The number of carbonyl (C=O) groups excluding carboxylic acids is 1. The van der Waals surface area contributed by atoms with E-state index in [9.17, 15) is 31.3 Å². The number of ether oxygens (including phenoxy) is 1. The van der Waals surface area contributed by atoms with Gasteiger partial charge in [-0.25, -0.2) is 8.42 Å². The van der Waals surface area contributed by atoms with Crippen molar-refractivity contribution in [2.45, 2.75) is 36.3 Å². The molecule has 0 saturated carbocycles. The highest BCUT2D eigenvalue weighted by atomic mass is 32.2. The van der Waals surface area contributed by atoms with Crippen molar-refractivity contribution < 1.29 is 36.0 Å². The van der Waals surface area contributed by atoms with Gasteiger partial charge in [-0.2, -0.15) is 18.6 Å². The number of hydrogen-bond donors (Lipinski definition) is 3. The Hall–Kier alpha value is -5.51. The predicted octanol–water partition coefficient (Wildman–Crippen LogP) is 8.18. The standard InChI is InChI=1S/C34H31N5O8S2/c1-20-8-10-23(11-9-20)19-48(42,43)26-14-12-25(13-15-26)36-37-28-18-30(47-4)29(16-21(28)2)38-39-33-31(49(44,45)46)17-24-6-5-7-27(35-22(3)40)32(24)34(33)41/h5-18,41H,19H2,1-4H3,(H,35,40)(H,44,45,46). The summed E-state index contributed by atoms with van der Waals surface area (Å²) in [4.78, 5) is 11.2. The summed E-state index contributed by atoms with van der Waals surface area (Å²) in [7, 11) is -7.08. The van der Waals surface area contributed by atoms with Crippen LogP contribution in [-0.2, 0) is 30.5 Å². The molecule has 5 aromatic rings. The lowest BCUT2D eigenvalue weighted by Gasteiger charge is -2.13. The molecule has 0 aliphatic heterocycles. The molecule has 0 radical (unpaired) electrons. The van der Waals surface area contributed by atoms with Gasteiger partial charge in [0.25, 0.3) is 10.1 Å². The average molecular weight is 702 g/mol. The van der Waals surface area contributed by atoms with E-state index in [2.05, 4.69) is 25.8 Å². The first kappa shape index (κ1) is 34.8. The maximum absolute atomic E-state index is 12.9. The number of rotatable bonds is 10. The van der Waals surface area contributed by atoms with Crippen LogP contribution in [0.3, 0.4) is 0 Å². The van der Waals surface area contributed by atoms with Crippen molar-refractivity contribution in [1.82, 2.24) is 0 Å². The fourth-order valence-corrected chi connectivity index (χ4v) is 6.93. The number of nitrogens with one attached hydrogen (secondary N) is 1. The zero-order chi connectivity index (χ0) is 35.5. The maximum Gasteiger partial charge on any atom is 0.296 e. The van der Waals surface area contributed by atoms with Gasteiger partial charge in [0, 0.05) is 18.4 Å². The molecule has 0 bridgehead atoms. The summed E-state index contributed by atoms with van der Waals surface area (Å²) < 4.78 is 65.8. The molecule has 0 aromatic heterocycles. The van der Waals surface area contributed by atoms with Crippen LogP contribution in [0.25, 0.3) is 10.8 Å². The Morgan fingerprint density at radius 2 is 1.51 bits per heavy atom. The van der Waals surface area contributed by atoms with E-state index < -0.39 is 42.2 Å². The van der Waals surface area contributed by atoms with E-state index in [1.807, 2.05) is 19.1 Å². The van der Waals surface area contributed by atoms with Gasteiger partial charge in [-0.3, -0.25) is 9.35 Å². The number of hydrogen-bond acceptors (Lipinski definition) is 11. The van der Waals surface area contributed by atoms with E-state index in [-0.39, 0.29) is 38.5 Å². The lowest BCUT2D eigenvalue weighted by atomic mass is 10.1. The summed E-state index contributed by atoms with van der Waals surface area (Å²) in [5.74, 6) is -1.01. The highest BCUT2D eigenvalue weighted by Gasteiger charge is 2.24. The molecular weight excluding hydrogens is 671 g/mol. The first-order valence-electron chi connectivity index (χ1n) is 14.6. The largest absolute Gasteiger partial charge is 0.505 e. The van der Waals surface area contributed by atoms with Crippen LogP contribution in [0.15, 0.2) is 115 Å². The topological polar surface area (TPSA) is 197 Å². The first-order chi connectivity index (χ1) is 23.2. The summed E-state index contributed by atoms with van der Waals surface area (Å²) in [6.45, 7) is 4.92. The Kier molecular flexibility index (Phi) is 9.89. The molecule has 0 aliphatic rings. The van der Waals surface area contributed by atoms with Crippen molar-refractivity contribution in [3.63, 3.8) is 0 Å². The zero-order valence-electron chi connectivity index (χ0n) is 26.7. The van der Waals surface area contributed by atoms with Crippen molar-refractivity contribution >= 4 is 65.1 Å². The fraction of sp³-hybridized carbons (Fsp3) is 0.147. The summed E-state index contributed by atoms with van der Waals surface area (Å²) in [5, 5.41) is 30.6. The van der Waals surface area contributed by atoms with Gasteiger partial charge in [-0.05, 0) is 72.8 Å². The Morgan fingerprint density at radius 1 is 0.837 bits per heavy atom. The van der Waals surface area contributed by atoms with Gasteiger partial charge in [-0.15, -0.1) is 10.2 Å². The van der Waals surface area contributed by atoms with E-state index in [1.54, 1.807) is 43.3 Å². The molecule has 0 saturated heterocycles. The van der Waals surface area contributed by atoms with Crippen molar-refractivity contribution in [3.8, 4) is 11.5 Å². The minimum atomic E-state index is -4.87. The number of nitrogens with zero attached hydrogens (tertiary/aromatic N) is 4. The molecular formula is C34H31N5O8S2. The number of phenolic OH excluding ortho intramolecular Hbond substituents is 1. The Labute approximate surface area is 282 Å². The van der Waals surface area contributed by atoms with E-state index in [1.165, 1.54) is 44.4 Å². The summed E-state index contributed by atoms with van der Waals surface area (Å²) in [5.41, 5.74) is 2.87. The molecule has 5 rings (SSSR count). The molecule has 252 valence electrons. The molecule has 0 heterocycles. The second-order valence-electron chi connectivity index (χ2n) is 11.1. The predicted molar refractivity (Wildman–Crippen MR) is 184 cm³/mol. The second kappa shape index (κ2) is 13.9. The first-order valence-corrected chi connectivity index (χ1v) is 17.7. The molecule has 5 aromatic carbocycles. The van der Waals surface area contributed by atoms with Gasteiger partial charge >= 0.3 is 0 Å². The number of anilines is 1. The van der Waals surface area contributed by atoms with E-state index in [0.717, 1.165) is 11.6 Å². The Morgan fingerprint density at radius 3 is 2.14 bits per heavy atom. The Balaban J connectivity index is 1.44. The number of amides is 1. The number of azo groups is 2. The van der Waals surface area contributed by atoms with Gasteiger partial charge in [0.05, 0.1) is 34.8 Å². The van der Waals surface area contributed by atoms with Gasteiger partial charge < -0.3 is 15.2 Å². The SMILES string of the molecule is COc1cc(N=Nc2ccc(S(=O)(=O)Cc3ccc(C)cc3)cc2)c(C)cc1N=Nc1c(S(=O)(=O)O)cc2cccc(NC(C)=O)c2c1O. The van der Waals surface area contributed by atoms with Crippen LogP contribution in [-0.4, -0.2) is 39.5 Å². The van der Waals surface area contributed by atoms with E-state index in [0.29, 0.717) is 22.5 Å². The summed E-state index contributed by atoms with van der Waals surface area (Å²) >= 11 is 0. The fourth-order valence-electron chi connectivity index (χ4n) is 4.92. The van der Waals surface area contributed by atoms with Crippen LogP contribution in [0, 0.1) is 13.8 Å². The molecule has 49 heavy (non-hydrogen) atoms. The maximum atomic E-state index is 12.9. The third kappa shape index (κ3) is 7.97. The number of carbonyl (C=O) groups is 1. The minimum absolute atomic E-state index is 0.0925. The molecule has 0 atom stereocenters. The number of aryl methyl sites for hydroxylation is 2. The Bertz CT molecular complexity index is 2360. The average Bonchev–Trinajstić information content (AvgIpc) is 3.04. The summed E-state index contributed by atoms with van der Waals surface area (Å²) in [6.07, 6.45) is 0. The molecule has 15 heteroatoms. The van der Waals surface area contributed by atoms with Gasteiger partial charge in [0.15, 0.2) is 15.6 Å². The molecule has 0 spiro atoms. The van der Waals surface area contributed by atoms with E-state index >= 15 is 0 Å². The smallest absolute Gasteiger partial charge is 0.296 e. The zero-order valence-corrected chi connectivity index (χ0v) is 28.4. The number of methoxy groups -OCH3 is 1. The van der Waals surface area contributed by atoms with Crippen LogP contribution < -0.4 is 10.1 Å².